The molecule has 0 saturated carbocycles. The third-order valence-corrected chi connectivity index (χ3v) is 4.14. The van der Waals surface area contributed by atoms with Crippen LogP contribution >= 0.6 is 0 Å². The Hall–Kier alpha value is -2.66. The summed E-state index contributed by atoms with van der Waals surface area (Å²) in [5, 5.41) is 9.19. The minimum atomic E-state index is -1.08. The van der Waals surface area contributed by atoms with E-state index in [9.17, 15) is 14.7 Å². The normalized spacial score (nSPS) is 14.4. The molecular weight excluding hydrogens is 306 g/mol. The molecule has 2 aromatic carbocycles. The second kappa shape index (κ2) is 7.27. The lowest BCUT2D eigenvalue weighted by Gasteiger charge is -2.28. The van der Waals surface area contributed by atoms with Crippen molar-refractivity contribution in [2.75, 3.05) is 31.2 Å². The summed E-state index contributed by atoms with van der Waals surface area (Å²) in [4.78, 5) is 25.9. The molecule has 124 valence electrons. The summed E-state index contributed by atoms with van der Waals surface area (Å²) in [6.07, 6.45) is 0.188. The molecule has 3 rings (SSSR count). The zero-order valence-electron chi connectivity index (χ0n) is 13.3. The van der Waals surface area contributed by atoms with Crippen LogP contribution in [0.1, 0.15) is 26.3 Å². The van der Waals surface area contributed by atoms with Crippen molar-refractivity contribution in [1.29, 1.82) is 0 Å². The Morgan fingerprint density at radius 3 is 2.21 bits per heavy atom. The Morgan fingerprint density at radius 2 is 1.58 bits per heavy atom. The second-order valence-electron chi connectivity index (χ2n) is 5.72. The van der Waals surface area contributed by atoms with Gasteiger partial charge in [0, 0.05) is 30.8 Å². The third-order valence-electron chi connectivity index (χ3n) is 4.14. The largest absolute Gasteiger partial charge is 0.478 e. The van der Waals surface area contributed by atoms with Gasteiger partial charge in [-0.25, -0.2) is 4.79 Å². The second-order valence-corrected chi connectivity index (χ2v) is 5.72. The number of carbonyl (C=O) groups excluding carboxylic acids is 1. The maximum atomic E-state index is 12.4. The molecule has 0 bridgehead atoms. The summed E-state index contributed by atoms with van der Waals surface area (Å²) >= 11 is 0. The summed E-state index contributed by atoms with van der Waals surface area (Å²) in [5.41, 5.74) is 2.28. The van der Waals surface area contributed by atoms with Crippen molar-refractivity contribution in [3.63, 3.8) is 0 Å². The van der Waals surface area contributed by atoms with Gasteiger partial charge in [-0.2, -0.15) is 0 Å². The Balaban J connectivity index is 1.72. The highest BCUT2D eigenvalue weighted by molar-refractivity contribution is 6.06. The first-order valence-corrected chi connectivity index (χ1v) is 7.92. The van der Waals surface area contributed by atoms with Crippen molar-refractivity contribution in [3.05, 3.63) is 65.2 Å². The Morgan fingerprint density at radius 1 is 0.958 bits per heavy atom. The van der Waals surface area contributed by atoms with Crippen molar-refractivity contribution >= 4 is 17.4 Å². The number of hydrogen-bond donors (Lipinski definition) is 1. The van der Waals surface area contributed by atoms with Gasteiger partial charge in [-0.15, -0.1) is 0 Å². The summed E-state index contributed by atoms with van der Waals surface area (Å²) in [6, 6.07) is 14.2. The van der Waals surface area contributed by atoms with E-state index in [0.717, 1.165) is 37.6 Å². The van der Waals surface area contributed by atoms with Crippen molar-refractivity contribution < 1.29 is 19.4 Å². The molecule has 2 aromatic rings. The average molecular weight is 325 g/mol. The number of rotatable bonds is 5. The number of aromatic carboxylic acids is 1. The van der Waals surface area contributed by atoms with Gasteiger partial charge in [0.05, 0.1) is 18.8 Å². The van der Waals surface area contributed by atoms with E-state index in [1.54, 1.807) is 18.2 Å². The van der Waals surface area contributed by atoms with Gasteiger partial charge in [0.15, 0.2) is 5.78 Å². The number of ketones is 1. The van der Waals surface area contributed by atoms with E-state index in [2.05, 4.69) is 4.90 Å². The summed E-state index contributed by atoms with van der Waals surface area (Å²) in [7, 11) is 0. The fraction of sp³-hybridized carbons (Fsp3) is 0.263. The van der Waals surface area contributed by atoms with E-state index in [4.69, 9.17) is 4.74 Å². The SMILES string of the molecule is O=C(O)c1ccccc1C(=O)Cc1ccc(N2CCOCC2)cc1. The fourth-order valence-corrected chi connectivity index (χ4v) is 2.84. The van der Waals surface area contributed by atoms with Gasteiger partial charge in [-0.3, -0.25) is 4.79 Å². The van der Waals surface area contributed by atoms with Crippen LogP contribution in [0.3, 0.4) is 0 Å². The molecule has 5 heteroatoms. The number of Topliss-reactive ketones (excluding diaryl/α,β-unsaturated/α-hetero) is 1. The van der Waals surface area contributed by atoms with Crippen LogP contribution < -0.4 is 4.90 Å². The van der Waals surface area contributed by atoms with Gasteiger partial charge in [0.25, 0.3) is 0 Å². The molecule has 0 aliphatic carbocycles. The van der Waals surface area contributed by atoms with Crippen molar-refractivity contribution in [3.8, 4) is 0 Å². The van der Waals surface area contributed by atoms with Crippen LogP contribution in [0, 0.1) is 0 Å². The minimum absolute atomic E-state index is 0.0486. The van der Waals surface area contributed by atoms with E-state index in [-0.39, 0.29) is 23.3 Å². The van der Waals surface area contributed by atoms with Gasteiger partial charge in [-0.05, 0) is 23.8 Å². The number of benzene rings is 2. The molecular formula is C19H19NO4. The molecule has 5 nitrogen and oxygen atoms in total. The molecule has 0 aromatic heterocycles. The van der Waals surface area contributed by atoms with E-state index >= 15 is 0 Å². The maximum Gasteiger partial charge on any atom is 0.336 e. The van der Waals surface area contributed by atoms with E-state index in [0.29, 0.717) is 0 Å². The van der Waals surface area contributed by atoms with E-state index in [1.807, 2.05) is 24.3 Å². The minimum Gasteiger partial charge on any atom is -0.478 e. The molecule has 1 saturated heterocycles. The van der Waals surface area contributed by atoms with Crippen LogP contribution in [0.25, 0.3) is 0 Å². The topological polar surface area (TPSA) is 66.8 Å². The number of carboxylic acids is 1. The quantitative estimate of drug-likeness (QED) is 0.856. The smallest absolute Gasteiger partial charge is 0.336 e. The molecule has 1 N–H and O–H groups in total. The number of nitrogens with zero attached hydrogens (tertiary/aromatic N) is 1. The monoisotopic (exact) mass is 325 g/mol. The molecule has 0 unspecified atom stereocenters. The molecule has 0 atom stereocenters. The van der Waals surface area contributed by atoms with Crippen LogP contribution in [0.15, 0.2) is 48.5 Å². The Kier molecular flexibility index (Phi) is 4.91. The number of anilines is 1. The molecule has 1 aliphatic rings. The zero-order chi connectivity index (χ0) is 16.9. The van der Waals surface area contributed by atoms with Crippen LogP contribution in [0.4, 0.5) is 5.69 Å². The highest BCUT2D eigenvalue weighted by Gasteiger charge is 2.16. The van der Waals surface area contributed by atoms with E-state index < -0.39 is 5.97 Å². The molecule has 0 spiro atoms. The first-order valence-electron chi connectivity index (χ1n) is 7.92. The molecule has 1 heterocycles. The van der Waals surface area contributed by atoms with Crippen LogP contribution in [-0.4, -0.2) is 43.2 Å². The number of carboxylic acid groups (broad SMARTS) is 1. The average Bonchev–Trinajstić information content (AvgIpc) is 2.63. The molecule has 0 radical (unpaired) electrons. The van der Waals surface area contributed by atoms with Crippen LogP contribution in [0.5, 0.6) is 0 Å². The van der Waals surface area contributed by atoms with Gasteiger partial charge in [0.1, 0.15) is 0 Å². The van der Waals surface area contributed by atoms with Crippen molar-refractivity contribution in [2.24, 2.45) is 0 Å². The highest BCUT2D eigenvalue weighted by atomic mass is 16.5. The van der Waals surface area contributed by atoms with Gasteiger partial charge in [0.2, 0.25) is 0 Å². The molecule has 1 fully saturated rings. The van der Waals surface area contributed by atoms with Crippen molar-refractivity contribution in [2.45, 2.75) is 6.42 Å². The Labute approximate surface area is 140 Å². The standard InChI is InChI=1S/C19H19NO4/c21-18(16-3-1-2-4-17(16)19(22)23)13-14-5-7-15(8-6-14)20-9-11-24-12-10-20/h1-8H,9-13H2,(H,22,23). The number of morpholine rings is 1. The predicted octanol–water partition coefficient (Wildman–Crippen LogP) is 2.65. The molecule has 24 heavy (non-hydrogen) atoms. The summed E-state index contributed by atoms with van der Waals surface area (Å²) < 4.78 is 5.34. The molecule has 0 amide bonds. The number of hydrogen-bond acceptors (Lipinski definition) is 4. The fourth-order valence-electron chi connectivity index (χ4n) is 2.84. The molecule has 1 aliphatic heterocycles. The number of carbonyl (C=O) groups is 2. The maximum absolute atomic E-state index is 12.4. The Bertz CT molecular complexity index is 733. The van der Waals surface area contributed by atoms with Gasteiger partial charge in [-0.1, -0.05) is 30.3 Å². The number of ether oxygens (including phenoxy) is 1. The lowest BCUT2D eigenvalue weighted by Crippen LogP contribution is -2.36. The van der Waals surface area contributed by atoms with Crippen LogP contribution in [0.2, 0.25) is 0 Å². The predicted molar refractivity (Wildman–Crippen MR) is 90.9 cm³/mol. The third kappa shape index (κ3) is 3.63. The van der Waals surface area contributed by atoms with Gasteiger partial charge >= 0.3 is 5.97 Å². The highest BCUT2D eigenvalue weighted by Crippen LogP contribution is 2.18. The van der Waals surface area contributed by atoms with E-state index in [1.165, 1.54) is 6.07 Å². The zero-order valence-corrected chi connectivity index (χ0v) is 13.3. The van der Waals surface area contributed by atoms with Gasteiger partial charge < -0.3 is 14.7 Å². The van der Waals surface area contributed by atoms with Crippen LogP contribution in [-0.2, 0) is 11.2 Å². The lowest BCUT2D eigenvalue weighted by atomic mass is 9.98. The van der Waals surface area contributed by atoms with Crippen molar-refractivity contribution in [1.82, 2.24) is 0 Å². The first-order chi connectivity index (χ1) is 11.6. The summed E-state index contributed by atoms with van der Waals surface area (Å²) in [6.45, 7) is 3.19. The first kappa shape index (κ1) is 16.2. The summed E-state index contributed by atoms with van der Waals surface area (Å²) in [5.74, 6) is -1.27. The lowest BCUT2D eigenvalue weighted by molar-refractivity contribution is 0.0692.